The van der Waals surface area contributed by atoms with Gasteiger partial charge >= 0.3 is 5.97 Å². The zero-order chi connectivity index (χ0) is 12.1. The van der Waals surface area contributed by atoms with E-state index in [-0.39, 0.29) is 0 Å². The largest absolute Gasteiger partial charge is 0.464 e. The lowest BCUT2D eigenvalue weighted by Gasteiger charge is -2.22. The van der Waals surface area contributed by atoms with E-state index in [1.807, 2.05) is 0 Å². The van der Waals surface area contributed by atoms with Gasteiger partial charge in [0.05, 0.1) is 7.11 Å². The lowest BCUT2D eigenvalue weighted by molar-refractivity contribution is 0.0594. The number of methoxy groups -OCH3 is 1. The summed E-state index contributed by atoms with van der Waals surface area (Å²) in [6.07, 6.45) is 7.66. The Morgan fingerprint density at radius 1 is 1.41 bits per heavy atom. The molecule has 0 radical (unpaired) electrons. The first-order chi connectivity index (χ1) is 8.29. The van der Waals surface area contributed by atoms with Crippen molar-refractivity contribution in [2.24, 2.45) is 0 Å². The van der Waals surface area contributed by atoms with Crippen molar-refractivity contribution in [3.8, 4) is 0 Å². The summed E-state index contributed by atoms with van der Waals surface area (Å²) in [6, 6.07) is 1.98. The minimum Gasteiger partial charge on any atom is -0.464 e. The molecular weight excluding hydrogens is 218 g/mol. The zero-order valence-corrected chi connectivity index (χ0v) is 9.98. The second-order valence-corrected chi connectivity index (χ2v) is 4.24. The van der Waals surface area contributed by atoms with Gasteiger partial charge in [-0.1, -0.05) is 19.3 Å². The second-order valence-electron chi connectivity index (χ2n) is 4.24. The van der Waals surface area contributed by atoms with E-state index in [1.165, 1.54) is 26.4 Å². The highest BCUT2D eigenvalue weighted by Crippen LogP contribution is 2.20. The molecule has 0 aromatic carbocycles. The van der Waals surface area contributed by atoms with E-state index in [0.717, 1.165) is 12.8 Å². The van der Waals surface area contributed by atoms with Crippen molar-refractivity contribution in [1.82, 2.24) is 9.97 Å². The number of anilines is 1. The van der Waals surface area contributed by atoms with Crippen LogP contribution in [-0.4, -0.2) is 29.1 Å². The smallest absolute Gasteiger partial charge is 0.356 e. The van der Waals surface area contributed by atoms with Gasteiger partial charge in [-0.05, 0) is 18.9 Å². The zero-order valence-electron chi connectivity index (χ0n) is 9.98. The molecule has 1 heterocycles. The molecule has 1 aliphatic carbocycles. The van der Waals surface area contributed by atoms with Gasteiger partial charge in [0.15, 0.2) is 5.69 Å². The number of nitrogens with zero attached hydrogens (tertiary/aromatic N) is 2. The maximum Gasteiger partial charge on any atom is 0.356 e. The molecule has 0 atom stereocenters. The highest BCUT2D eigenvalue weighted by Gasteiger charge is 2.15. The SMILES string of the molecule is COC(=O)c1ccnc(NC2CCCCC2)n1. The lowest BCUT2D eigenvalue weighted by Crippen LogP contribution is -2.24. The van der Waals surface area contributed by atoms with Gasteiger partial charge in [-0.2, -0.15) is 0 Å². The molecule has 1 aromatic heterocycles. The number of carbonyl (C=O) groups excluding carboxylic acids is 1. The number of hydrogen-bond acceptors (Lipinski definition) is 5. The Balaban J connectivity index is 2.02. The molecule has 1 aliphatic rings. The molecule has 0 saturated heterocycles. The molecule has 5 nitrogen and oxygen atoms in total. The molecule has 5 heteroatoms. The fraction of sp³-hybridized carbons (Fsp3) is 0.583. The van der Waals surface area contributed by atoms with Gasteiger partial charge in [0.1, 0.15) is 0 Å². The molecule has 92 valence electrons. The molecule has 1 N–H and O–H groups in total. The molecule has 1 fully saturated rings. The average molecular weight is 235 g/mol. The molecular formula is C12H17N3O2. The quantitative estimate of drug-likeness (QED) is 0.812. The van der Waals surface area contributed by atoms with E-state index in [2.05, 4.69) is 20.0 Å². The Hall–Kier alpha value is -1.65. The molecule has 0 unspecified atom stereocenters. The van der Waals surface area contributed by atoms with E-state index >= 15 is 0 Å². The van der Waals surface area contributed by atoms with Crippen LogP contribution in [0.25, 0.3) is 0 Å². The number of rotatable bonds is 3. The van der Waals surface area contributed by atoms with Gasteiger partial charge in [-0.3, -0.25) is 0 Å². The van der Waals surface area contributed by atoms with E-state index in [9.17, 15) is 4.79 Å². The van der Waals surface area contributed by atoms with Crippen molar-refractivity contribution in [3.63, 3.8) is 0 Å². The summed E-state index contributed by atoms with van der Waals surface area (Å²) in [4.78, 5) is 19.6. The third-order valence-corrected chi connectivity index (χ3v) is 2.99. The van der Waals surface area contributed by atoms with Gasteiger partial charge in [-0.15, -0.1) is 0 Å². The van der Waals surface area contributed by atoms with Crippen LogP contribution < -0.4 is 5.32 Å². The van der Waals surface area contributed by atoms with Crippen LogP contribution in [0, 0.1) is 0 Å². The van der Waals surface area contributed by atoms with Crippen LogP contribution >= 0.6 is 0 Å². The molecule has 0 amide bonds. The monoisotopic (exact) mass is 235 g/mol. The van der Waals surface area contributed by atoms with Crippen LogP contribution in [0.1, 0.15) is 42.6 Å². The van der Waals surface area contributed by atoms with Gasteiger partial charge in [0, 0.05) is 12.2 Å². The Bertz CT molecular complexity index is 389. The van der Waals surface area contributed by atoms with Crippen LogP contribution in [0.3, 0.4) is 0 Å². The Morgan fingerprint density at radius 3 is 2.88 bits per heavy atom. The van der Waals surface area contributed by atoms with Crippen molar-refractivity contribution in [2.45, 2.75) is 38.1 Å². The maximum absolute atomic E-state index is 11.3. The third-order valence-electron chi connectivity index (χ3n) is 2.99. The summed E-state index contributed by atoms with van der Waals surface area (Å²) in [7, 11) is 1.35. The minimum atomic E-state index is -0.431. The van der Waals surface area contributed by atoms with Crippen LogP contribution in [0.5, 0.6) is 0 Å². The van der Waals surface area contributed by atoms with Crippen molar-refractivity contribution >= 4 is 11.9 Å². The normalized spacial score (nSPS) is 16.5. The van der Waals surface area contributed by atoms with Crippen LogP contribution in [0.15, 0.2) is 12.3 Å². The molecule has 0 spiro atoms. The molecule has 0 aliphatic heterocycles. The first-order valence-electron chi connectivity index (χ1n) is 5.97. The Morgan fingerprint density at radius 2 is 2.18 bits per heavy atom. The number of ether oxygens (including phenoxy) is 1. The highest BCUT2D eigenvalue weighted by atomic mass is 16.5. The Labute approximate surface area is 101 Å². The first-order valence-corrected chi connectivity index (χ1v) is 5.97. The minimum absolute atomic E-state index is 0.292. The van der Waals surface area contributed by atoms with Crippen molar-refractivity contribution in [3.05, 3.63) is 18.0 Å². The molecule has 1 saturated carbocycles. The third kappa shape index (κ3) is 3.15. The van der Waals surface area contributed by atoms with Gasteiger partial charge in [0.2, 0.25) is 5.95 Å². The molecule has 17 heavy (non-hydrogen) atoms. The van der Waals surface area contributed by atoms with Crippen molar-refractivity contribution in [2.75, 3.05) is 12.4 Å². The van der Waals surface area contributed by atoms with Crippen molar-refractivity contribution in [1.29, 1.82) is 0 Å². The van der Waals surface area contributed by atoms with Crippen LogP contribution in [0.4, 0.5) is 5.95 Å². The fourth-order valence-corrected chi connectivity index (χ4v) is 2.08. The summed E-state index contributed by atoms with van der Waals surface area (Å²) in [5, 5.41) is 3.27. The van der Waals surface area contributed by atoms with E-state index < -0.39 is 5.97 Å². The average Bonchev–Trinajstić information content (AvgIpc) is 2.39. The first kappa shape index (κ1) is 11.8. The standard InChI is InChI=1S/C12H17N3O2/c1-17-11(16)10-7-8-13-12(15-10)14-9-5-3-2-4-6-9/h7-9H,2-6H2,1H3,(H,13,14,15). The summed E-state index contributed by atoms with van der Waals surface area (Å²) in [6.45, 7) is 0. The summed E-state index contributed by atoms with van der Waals surface area (Å²) in [5.41, 5.74) is 0.292. The number of nitrogens with one attached hydrogen (secondary N) is 1. The Kier molecular flexibility index (Phi) is 3.90. The number of hydrogen-bond donors (Lipinski definition) is 1. The maximum atomic E-state index is 11.3. The molecule has 1 aromatic rings. The van der Waals surface area contributed by atoms with Gasteiger partial charge in [-0.25, -0.2) is 14.8 Å². The van der Waals surface area contributed by atoms with Gasteiger partial charge in [0.25, 0.3) is 0 Å². The van der Waals surface area contributed by atoms with E-state index in [1.54, 1.807) is 12.3 Å². The number of esters is 1. The number of aromatic nitrogens is 2. The van der Waals surface area contributed by atoms with E-state index in [0.29, 0.717) is 17.7 Å². The molecule has 2 rings (SSSR count). The predicted molar refractivity (Wildman–Crippen MR) is 63.9 cm³/mol. The summed E-state index contributed by atoms with van der Waals surface area (Å²) >= 11 is 0. The lowest BCUT2D eigenvalue weighted by atomic mass is 9.96. The number of carbonyl (C=O) groups is 1. The summed E-state index contributed by atoms with van der Waals surface area (Å²) in [5.74, 6) is 0.0823. The second kappa shape index (κ2) is 5.61. The van der Waals surface area contributed by atoms with Crippen LogP contribution in [0.2, 0.25) is 0 Å². The van der Waals surface area contributed by atoms with Crippen molar-refractivity contribution < 1.29 is 9.53 Å². The highest BCUT2D eigenvalue weighted by molar-refractivity contribution is 5.87. The predicted octanol–water partition coefficient (Wildman–Crippen LogP) is 2.01. The van der Waals surface area contributed by atoms with Gasteiger partial charge < -0.3 is 10.1 Å². The topological polar surface area (TPSA) is 64.1 Å². The summed E-state index contributed by atoms with van der Waals surface area (Å²) < 4.78 is 4.62. The molecule has 0 bridgehead atoms. The fourth-order valence-electron chi connectivity index (χ4n) is 2.08. The van der Waals surface area contributed by atoms with E-state index in [4.69, 9.17) is 0 Å². The van der Waals surface area contributed by atoms with Crippen LogP contribution in [-0.2, 0) is 4.74 Å².